The van der Waals surface area contributed by atoms with Crippen LogP contribution >= 0.6 is 23.2 Å². The third kappa shape index (κ3) is 3.65. The minimum Gasteiger partial charge on any atom is -0.406 e. The first-order valence-corrected chi connectivity index (χ1v) is 11.9. The zero-order valence-corrected chi connectivity index (χ0v) is 20.4. The number of aliphatic hydroxyl groups is 1. The molecule has 0 spiro atoms. The number of nitrogens with zero attached hydrogens (tertiary/aromatic N) is 2. The summed E-state index contributed by atoms with van der Waals surface area (Å²) >= 11 is 12.2. The molecular weight excluding hydrogens is 524 g/mol. The molecule has 1 aliphatic carbocycles. The molecule has 2 heterocycles. The van der Waals surface area contributed by atoms with Crippen LogP contribution < -0.4 is 9.64 Å². The van der Waals surface area contributed by atoms with Crippen molar-refractivity contribution >= 4 is 40.7 Å². The normalized spacial score (nSPS) is 29.8. The average Bonchev–Trinajstić information content (AvgIpc) is 3.32. The van der Waals surface area contributed by atoms with Crippen molar-refractivity contribution in [2.24, 2.45) is 11.3 Å². The molecule has 36 heavy (non-hydrogen) atoms. The molecule has 2 aromatic carbocycles. The number of alkyl halides is 3. The number of benzene rings is 2. The predicted octanol–water partition coefficient (Wildman–Crippen LogP) is 3.99. The third-order valence-electron chi connectivity index (χ3n) is 7.35. The molecule has 7 nitrogen and oxygen atoms in total. The van der Waals surface area contributed by atoms with E-state index in [2.05, 4.69) is 4.74 Å². The van der Waals surface area contributed by atoms with Gasteiger partial charge in [0, 0.05) is 34.7 Å². The second-order valence-electron chi connectivity index (χ2n) is 9.18. The Morgan fingerprint density at radius 1 is 1.11 bits per heavy atom. The van der Waals surface area contributed by atoms with Gasteiger partial charge in [-0.3, -0.25) is 14.5 Å². The molecule has 0 radical (unpaired) electrons. The van der Waals surface area contributed by atoms with Crippen LogP contribution in [-0.4, -0.2) is 60.7 Å². The highest BCUT2D eigenvalue weighted by Crippen LogP contribution is 2.76. The van der Waals surface area contributed by atoms with E-state index in [-0.39, 0.29) is 34.7 Å². The van der Waals surface area contributed by atoms with E-state index in [0.29, 0.717) is 18.8 Å². The molecule has 5 rings (SSSR count). The van der Waals surface area contributed by atoms with Crippen molar-refractivity contribution in [2.75, 3.05) is 31.2 Å². The quantitative estimate of drug-likeness (QED) is 0.629. The Morgan fingerprint density at radius 2 is 1.69 bits per heavy atom. The number of ether oxygens (including phenoxy) is 2. The molecule has 1 N–H and O–H groups in total. The number of aliphatic hydroxyl groups excluding tert-OH is 1. The number of carbonyl (C=O) groups excluding carboxylic acids is 2. The van der Waals surface area contributed by atoms with Gasteiger partial charge in [0.05, 0.1) is 24.0 Å². The number of halogens is 5. The molecule has 2 aromatic rings. The fourth-order valence-corrected chi connectivity index (χ4v) is 6.35. The van der Waals surface area contributed by atoms with Crippen LogP contribution in [0.2, 0.25) is 10.0 Å². The van der Waals surface area contributed by atoms with Gasteiger partial charge >= 0.3 is 6.36 Å². The summed E-state index contributed by atoms with van der Waals surface area (Å²) in [5.41, 5.74) is -2.27. The Labute approximate surface area is 214 Å². The van der Waals surface area contributed by atoms with Crippen molar-refractivity contribution in [2.45, 2.75) is 24.9 Å². The Kier molecular flexibility index (Phi) is 5.94. The standard InChI is InChI=1S/C24H21Cl2F3N2O5/c1-22-18(19(32)31(20(22)33)16-11-14(25)10-15(26)12-16)23(22,21(34)30-6-8-35-9-7-30)13-2-4-17(5-3-13)36-24(27,28)29/h2-5,10-12,18-19,32H,6-9H2,1H3/t18-,19?,22-,23-/m1/s1. The van der Waals surface area contributed by atoms with E-state index in [1.54, 1.807) is 11.8 Å². The zero-order chi connectivity index (χ0) is 26.0. The van der Waals surface area contributed by atoms with Gasteiger partial charge in [-0.15, -0.1) is 13.2 Å². The molecule has 2 saturated heterocycles. The van der Waals surface area contributed by atoms with Gasteiger partial charge in [-0.25, -0.2) is 0 Å². The maximum atomic E-state index is 14.0. The third-order valence-corrected chi connectivity index (χ3v) is 7.79. The minimum absolute atomic E-state index is 0.263. The van der Waals surface area contributed by atoms with Gasteiger partial charge in [0.15, 0.2) is 0 Å². The highest BCUT2D eigenvalue weighted by molar-refractivity contribution is 6.35. The van der Waals surface area contributed by atoms with Gasteiger partial charge in [-0.2, -0.15) is 0 Å². The molecule has 0 aromatic heterocycles. The molecule has 12 heteroatoms. The van der Waals surface area contributed by atoms with Crippen molar-refractivity contribution in [1.82, 2.24) is 4.90 Å². The van der Waals surface area contributed by atoms with Crippen LogP contribution in [-0.2, 0) is 19.7 Å². The summed E-state index contributed by atoms with van der Waals surface area (Å²) in [5, 5.41) is 11.9. The SMILES string of the molecule is C[C@]12C(=O)N(c3cc(Cl)cc(Cl)c3)C(O)[C@H]1[C@@]2(C(=O)N1CCOCC1)c1ccc(OC(F)(F)F)cc1. The Morgan fingerprint density at radius 3 is 2.19 bits per heavy atom. The second kappa shape index (κ2) is 8.51. The first kappa shape index (κ1) is 25.1. The van der Waals surface area contributed by atoms with E-state index in [1.165, 1.54) is 30.3 Å². The summed E-state index contributed by atoms with van der Waals surface area (Å²) in [5.74, 6) is -2.24. The maximum absolute atomic E-state index is 14.0. The first-order valence-electron chi connectivity index (χ1n) is 11.1. The van der Waals surface area contributed by atoms with Crippen LogP contribution in [0.5, 0.6) is 5.75 Å². The fraction of sp³-hybridized carbons (Fsp3) is 0.417. The van der Waals surface area contributed by atoms with Gasteiger partial charge in [0.1, 0.15) is 12.0 Å². The summed E-state index contributed by atoms with van der Waals surface area (Å²) in [6.45, 7) is 2.79. The first-order chi connectivity index (χ1) is 16.9. The van der Waals surface area contributed by atoms with Crippen molar-refractivity contribution in [1.29, 1.82) is 0 Å². The molecule has 3 aliphatic rings. The van der Waals surface area contributed by atoms with Crippen LogP contribution in [0.25, 0.3) is 0 Å². The highest BCUT2D eigenvalue weighted by Gasteiger charge is 2.89. The number of anilines is 1. The lowest BCUT2D eigenvalue weighted by Gasteiger charge is -2.36. The van der Waals surface area contributed by atoms with Crippen LogP contribution in [0.1, 0.15) is 12.5 Å². The van der Waals surface area contributed by atoms with E-state index in [1.807, 2.05) is 0 Å². The van der Waals surface area contributed by atoms with Gasteiger partial charge in [0.25, 0.3) is 0 Å². The van der Waals surface area contributed by atoms with Crippen LogP contribution in [0.15, 0.2) is 42.5 Å². The molecule has 3 fully saturated rings. The molecule has 1 unspecified atom stereocenters. The number of carbonyl (C=O) groups is 2. The van der Waals surface area contributed by atoms with E-state index >= 15 is 0 Å². The Hall–Kier alpha value is -2.53. The lowest BCUT2D eigenvalue weighted by atomic mass is 9.83. The summed E-state index contributed by atoms with van der Waals surface area (Å²) in [6, 6.07) is 9.32. The monoisotopic (exact) mass is 544 g/mol. The molecule has 192 valence electrons. The van der Waals surface area contributed by atoms with Crippen LogP contribution in [0.3, 0.4) is 0 Å². The molecule has 2 amide bonds. The zero-order valence-electron chi connectivity index (χ0n) is 18.9. The number of morpholine rings is 1. The van der Waals surface area contributed by atoms with E-state index < -0.39 is 41.0 Å². The van der Waals surface area contributed by atoms with Crippen molar-refractivity contribution in [3.63, 3.8) is 0 Å². The van der Waals surface area contributed by atoms with E-state index in [0.717, 1.165) is 17.0 Å². The maximum Gasteiger partial charge on any atom is 0.573 e. The number of piperidine rings is 1. The Bertz CT molecular complexity index is 1200. The van der Waals surface area contributed by atoms with Crippen molar-refractivity contribution in [3.8, 4) is 5.75 Å². The Balaban J connectivity index is 1.57. The van der Waals surface area contributed by atoms with Gasteiger partial charge in [-0.05, 0) is 42.8 Å². The van der Waals surface area contributed by atoms with Gasteiger partial charge < -0.3 is 19.5 Å². The lowest BCUT2D eigenvalue weighted by Crippen LogP contribution is -2.53. The second-order valence-corrected chi connectivity index (χ2v) is 10.1. The number of fused-ring (bicyclic) bond motifs is 1. The number of hydrogen-bond donors (Lipinski definition) is 1. The molecule has 2 aliphatic heterocycles. The number of hydrogen-bond acceptors (Lipinski definition) is 5. The van der Waals surface area contributed by atoms with Crippen molar-refractivity contribution < 1.29 is 37.3 Å². The van der Waals surface area contributed by atoms with E-state index in [9.17, 15) is 27.9 Å². The summed E-state index contributed by atoms with van der Waals surface area (Å²) in [6.07, 6.45) is -6.29. The molecular formula is C24H21Cl2F3N2O5. The smallest absolute Gasteiger partial charge is 0.406 e. The highest BCUT2D eigenvalue weighted by atomic mass is 35.5. The predicted molar refractivity (Wildman–Crippen MR) is 124 cm³/mol. The lowest BCUT2D eigenvalue weighted by molar-refractivity contribution is -0.274. The number of amides is 2. The number of rotatable bonds is 4. The fourth-order valence-electron chi connectivity index (χ4n) is 5.84. The molecule has 1 saturated carbocycles. The van der Waals surface area contributed by atoms with Crippen LogP contribution in [0.4, 0.5) is 18.9 Å². The van der Waals surface area contributed by atoms with Gasteiger partial charge in [0.2, 0.25) is 11.8 Å². The molecule has 0 bridgehead atoms. The summed E-state index contributed by atoms with van der Waals surface area (Å²) in [4.78, 5) is 30.6. The van der Waals surface area contributed by atoms with Crippen LogP contribution in [0, 0.1) is 11.3 Å². The van der Waals surface area contributed by atoms with Gasteiger partial charge in [-0.1, -0.05) is 35.3 Å². The summed E-state index contributed by atoms with van der Waals surface area (Å²) < 4.78 is 47.3. The van der Waals surface area contributed by atoms with Crippen molar-refractivity contribution in [3.05, 3.63) is 58.1 Å². The summed E-state index contributed by atoms with van der Waals surface area (Å²) in [7, 11) is 0. The largest absolute Gasteiger partial charge is 0.573 e. The minimum atomic E-state index is -4.88. The molecule has 4 atom stereocenters. The average molecular weight is 545 g/mol. The topological polar surface area (TPSA) is 79.3 Å². The van der Waals surface area contributed by atoms with E-state index in [4.69, 9.17) is 27.9 Å².